The van der Waals surface area contributed by atoms with Crippen molar-refractivity contribution in [1.29, 1.82) is 0 Å². The summed E-state index contributed by atoms with van der Waals surface area (Å²) < 4.78 is 6.42. The zero-order chi connectivity index (χ0) is 16.2. The molecule has 4 nitrogen and oxygen atoms in total. The highest BCUT2D eigenvalue weighted by Gasteiger charge is 2.45. The van der Waals surface area contributed by atoms with Gasteiger partial charge in [-0.3, -0.25) is 4.79 Å². The van der Waals surface area contributed by atoms with Crippen molar-refractivity contribution in [2.45, 2.75) is 83.7 Å². The summed E-state index contributed by atoms with van der Waals surface area (Å²) in [7, 11) is -1.87. The third-order valence-electron chi connectivity index (χ3n) is 4.90. The molecule has 1 atom stereocenters. The normalized spacial score (nSPS) is 18.4. The number of carbonyl (C=O) groups excluding carboxylic acids is 1. The molecule has 1 aliphatic rings. The van der Waals surface area contributed by atoms with Crippen LogP contribution in [0.2, 0.25) is 16.6 Å². The van der Waals surface area contributed by atoms with Crippen LogP contribution in [0.25, 0.3) is 0 Å². The van der Waals surface area contributed by atoms with Crippen LogP contribution in [0.4, 0.5) is 0 Å². The fraction of sp³-hybridized carbons (Fsp3) is 0.938. The smallest absolute Gasteiger partial charge is 0.224 e. The van der Waals surface area contributed by atoms with Gasteiger partial charge in [0.2, 0.25) is 5.91 Å². The van der Waals surface area contributed by atoms with Gasteiger partial charge in [0, 0.05) is 26.0 Å². The zero-order valence-electron chi connectivity index (χ0n) is 14.6. The monoisotopic (exact) mass is 315 g/mol. The Hall–Kier alpha value is -0.393. The predicted octanol–water partition coefficient (Wildman–Crippen LogP) is 3.51. The van der Waals surface area contributed by atoms with Gasteiger partial charge < -0.3 is 14.4 Å². The number of carbonyl (C=O) groups is 1. The van der Waals surface area contributed by atoms with Gasteiger partial charge in [-0.2, -0.15) is 0 Å². The molecule has 0 aliphatic carbocycles. The summed E-state index contributed by atoms with van der Waals surface area (Å²) in [6.45, 7) is 14.8. The van der Waals surface area contributed by atoms with Gasteiger partial charge in [-0.05, 0) is 23.0 Å². The Bertz CT molecular complexity index is 323. The molecular formula is C16H33NO3Si. The molecule has 1 amide bonds. The van der Waals surface area contributed by atoms with E-state index in [1.54, 1.807) is 4.90 Å². The van der Waals surface area contributed by atoms with Crippen LogP contribution in [-0.2, 0) is 9.22 Å². The number of nitrogens with zero attached hydrogens (tertiary/aromatic N) is 1. The first-order valence-corrected chi connectivity index (χ1v) is 10.5. The Labute approximate surface area is 131 Å². The maximum Gasteiger partial charge on any atom is 0.224 e. The minimum absolute atomic E-state index is 0.0718. The molecule has 0 aromatic heterocycles. The second-order valence-electron chi connectivity index (χ2n) is 7.13. The summed E-state index contributed by atoms with van der Waals surface area (Å²) in [6.07, 6.45) is 1.27. The zero-order valence-corrected chi connectivity index (χ0v) is 15.6. The van der Waals surface area contributed by atoms with E-state index in [0.717, 1.165) is 6.42 Å². The van der Waals surface area contributed by atoms with Gasteiger partial charge in [-0.1, -0.05) is 41.5 Å². The van der Waals surface area contributed by atoms with Crippen molar-refractivity contribution < 1.29 is 14.3 Å². The number of aliphatic hydroxyl groups excluding tert-OH is 1. The van der Waals surface area contributed by atoms with Crippen LogP contribution in [-0.4, -0.2) is 43.6 Å². The molecule has 0 unspecified atom stereocenters. The lowest BCUT2D eigenvalue weighted by Gasteiger charge is -2.42. The SMILES string of the molecule is CC(C)[Si](OCC[C@@H](O)N1CCCC1=O)(C(C)C)C(C)C. The Morgan fingerprint density at radius 3 is 2.05 bits per heavy atom. The molecule has 21 heavy (non-hydrogen) atoms. The molecule has 0 saturated carbocycles. The minimum Gasteiger partial charge on any atom is -0.416 e. The largest absolute Gasteiger partial charge is 0.416 e. The quantitative estimate of drug-likeness (QED) is 0.697. The van der Waals surface area contributed by atoms with Crippen LogP contribution in [0.15, 0.2) is 0 Å². The molecule has 1 heterocycles. The van der Waals surface area contributed by atoms with Crippen molar-refractivity contribution in [3.63, 3.8) is 0 Å². The summed E-state index contributed by atoms with van der Waals surface area (Å²) >= 11 is 0. The number of rotatable bonds is 8. The van der Waals surface area contributed by atoms with Crippen LogP contribution in [0.3, 0.4) is 0 Å². The Kier molecular flexibility index (Phi) is 6.88. The maximum absolute atomic E-state index is 11.6. The van der Waals surface area contributed by atoms with Crippen molar-refractivity contribution >= 4 is 14.2 Å². The summed E-state index contributed by atoms with van der Waals surface area (Å²) in [6, 6.07) is 0. The molecule has 1 N–H and O–H groups in total. The van der Waals surface area contributed by atoms with Gasteiger partial charge in [0.05, 0.1) is 0 Å². The van der Waals surface area contributed by atoms with Crippen LogP contribution < -0.4 is 0 Å². The summed E-state index contributed by atoms with van der Waals surface area (Å²) in [5.41, 5.74) is 1.63. The van der Waals surface area contributed by atoms with Crippen molar-refractivity contribution in [3.05, 3.63) is 0 Å². The van der Waals surface area contributed by atoms with E-state index in [0.29, 0.717) is 42.6 Å². The lowest BCUT2D eigenvalue weighted by Crippen LogP contribution is -2.48. The van der Waals surface area contributed by atoms with E-state index < -0.39 is 14.5 Å². The summed E-state index contributed by atoms with van der Waals surface area (Å²) in [5.74, 6) is 0.0718. The molecule has 0 aromatic carbocycles. The van der Waals surface area contributed by atoms with Crippen LogP contribution in [0, 0.1) is 0 Å². The van der Waals surface area contributed by atoms with Crippen molar-refractivity contribution in [2.75, 3.05) is 13.2 Å². The van der Waals surface area contributed by atoms with E-state index in [9.17, 15) is 9.90 Å². The second kappa shape index (κ2) is 7.74. The number of amides is 1. The molecular weight excluding hydrogens is 282 g/mol. The summed E-state index contributed by atoms with van der Waals surface area (Å²) in [4.78, 5) is 13.2. The fourth-order valence-corrected chi connectivity index (χ4v) is 9.45. The number of hydrogen-bond acceptors (Lipinski definition) is 3. The maximum atomic E-state index is 11.6. The highest BCUT2D eigenvalue weighted by molar-refractivity contribution is 6.77. The molecule has 1 rings (SSSR count). The number of aliphatic hydroxyl groups is 1. The van der Waals surface area contributed by atoms with Gasteiger partial charge in [-0.25, -0.2) is 0 Å². The predicted molar refractivity (Wildman–Crippen MR) is 88.6 cm³/mol. The van der Waals surface area contributed by atoms with E-state index in [1.807, 2.05) is 0 Å². The van der Waals surface area contributed by atoms with Crippen LogP contribution in [0.5, 0.6) is 0 Å². The topological polar surface area (TPSA) is 49.8 Å². The van der Waals surface area contributed by atoms with Gasteiger partial charge >= 0.3 is 0 Å². The standard InChI is InChI=1S/C16H33NO3Si/c1-12(2)21(13(3)4,14(5)6)20-11-9-16(19)17-10-7-8-15(17)18/h12-14,16,19H,7-11H2,1-6H3/t16-/m1/s1. The average molecular weight is 316 g/mol. The van der Waals surface area contributed by atoms with E-state index >= 15 is 0 Å². The molecule has 0 bridgehead atoms. The van der Waals surface area contributed by atoms with E-state index in [1.165, 1.54) is 0 Å². The van der Waals surface area contributed by atoms with Crippen LogP contribution >= 0.6 is 0 Å². The minimum atomic E-state index is -1.87. The van der Waals surface area contributed by atoms with Crippen LogP contribution in [0.1, 0.15) is 60.8 Å². The fourth-order valence-electron chi connectivity index (χ4n) is 3.98. The van der Waals surface area contributed by atoms with E-state index in [2.05, 4.69) is 41.5 Å². The first-order valence-electron chi connectivity index (χ1n) is 8.35. The molecule has 124 valence electrons. The third-order valence-corrected chi connectivity index (χ3v) is 11.0. The Morgan fingerprint density at radius 1 is 1.14 bits per heavy atom. The Balaban J connectivity index is 2.59. The van der Waals surface area contributed by atoms with Gasteiger partial charge in [0.15, 0.2) is 8.32 Å². The molecule has 0 spiro atoms. The lowest BCUT2D eigenvalue weighted by atomic mass is 10.3. The molecule has 0 radical (unpaired) electrons. The lowest BCUT2D eigenvalue weighted by molar-refractivity contribution is -0.137. The van der Waals surface area contributed by atoms with Crippen molar-refractivity contribution in [2.24, 2.45) is 0 Å². The highest BCUT2D eigenvalue weighted by atomic mass is 28.4. The molecule has 1 saturated heterocycles. The first-order chi connectivity index (χ1) is 9.73. The Morgan fingerprint density at radius 2 is 1.67 bits per heavy atom. The second-order valence-corrected chi connectivity index (χ2v) is 12.6. The van der Waals surface area contributed by atoms with E-state index in [-0.39, 0.29) is 5.91 Å². The van der Waals surface area contributed by atoms with Crippen molar-refractivity contribution in [1.82, 2.24) is 4.90 Å². The van der Waals surface area contributed by atoms with E-state index in [4.69, 9.17) is 4.43 Å². The van der Waals surface area contributed by atoms with Gasteiger partial charge in [-0.15, -0.1) is 0 Å². The number of hydrogen-bond donors (Lipinski definition) is 1. The highest BCUT2D eigenvalue weighted by Crippen LogP contribution is 2.42. The molecule has 1 fully saturated rings. The number of likely N-dealkylation sites (tertiary alicyclic amines) is 1. The van der Waals surface area contributed by atoms with Gasteiger partial charge in [0.25, 0.3) is 0 Å². The summed E-state index contributed by atoms with van der Waals surface area (Å²) in [5, 5.41) is 10.2. The molecule has 5 heteroatoms. The van der Waals surface area contributed by atoms with Gasteiger partial charge in [0.1, 0.15) is 6.23 Å². The molecule has 1 aliphatic heterocycles. The average Bonchev–Trinajstić information content (AvgIpc) is 2.79. The first kappa shape index (κ1) is 18.7. The van der Waals surface area contributed by atoms with Crippen molar-refractivity contribution in [3.8, 4) is 0 Å². The third kappa shape index (κ3) is 4.08. The molecule has 0 aromatic rings.